The summed E-state index contributed by atoms with van der Waals surface area (Å²) in [6.07, 6.45) is 1.15. The van der Waals surface area contributed by atoms with Crippen molar-refractivity contribution in [1.29, 1.82) is 0 Å². The van der Waals surface area contributed by atoms with E-state index in [9.17, 15) is 4.79 Å². The normalized spacial score (nSPS) is 12.8. The molecule has 0 saturated heterocycles. The number of guanidine groups is 1. The molecule has 0 fully saturated rings. The lowest BCUT2D eigenvalue weighted by Gasteiger charge is -2.24. The van der Waals surface area contributed by atoms with E-state index in [1.54, 1.807) is 19.0 Å². The van der Waals surface area contributed by atoms with E-state index >= 15 is 0 Å². The molecule has 0 bridgehead atoms. The van der Waals surface area contributed by atoms with E-state index < -0.39 is 0 Å². The minimum Gasteiger partial charge on any atom is -0.357 e. The fourth-order valence-electron chi connectivity index (χ4n) is 2.41. The predicted molar refractivity (Wildman–Crippen MR) is 110 cm³/mol. The molecule has 1 atom stereocenters. The van der Waals surface area contributed by atoms with E-state index in [0.29, 0.717) is 18.2 Å². The average molecular weight is 362 g/mol. The number of rotatable bonds is 9. The van der Waals surface area contributed by atoms with E-state index in [1.165, 1.54) is 0 Å². The van der Waals surface area contributed by atoms with Crippen LogP contribution in [0, 0.1) is 0 Å². The van der Waals surface area contributed by atoms with Crippen LogP contribution in [0.2, 0.25) is 0 Å². The first-order valence-electron chi connectivity index (χ1n) is 9.42. The zero-order valence-corrected chi connectivity index (χ0v) is 17.2. The molecule has 1 amide bonds. The molecule has 2 N–H and O–H groups in total. The molecule has 6 nitrogen and oxygen atoms in total. The highest BCUT2D eigenvalue weighted by molar-refractivity contribution is 5.93. The molecule has 0 aromatic heterocycles. The van der Waals surface area contributed by atoms with Crippen LogP contribution in [0.25, 0.3) is 0 Å². The van der Waals surface area contributed by atoms with Crippen LogP contribution in [0.3, 0.4) is 0 Å². The quantitative estimate of drug-likeness (QED) is 0.523. The molecular weight excluding hydrogens is 326 g/mol. The highest BCUT2D eigenvalue weighted by Crippen LogP contribution is 2.07. The summed E-state index contributed by atoms with van der Waals surface area (Å²) >= 11 is 0. The van der Waals surface area contributed by atoms with Crippen molar-refractivity contribution in [2.45, 2.75) is 39.8 Å². The van der Waals surface area contributed by atoms with E-state index in [2.05, 4.69) is 48.3 Å². The van der Waals surface area contributed by atoms with Gasteiger partial charge in [-0.15, -0.1) is 0 Å². The molecular formula is C20H35N5O. The summed E-state index contributed by atoms with van der Waals surface area (Å²) in [7, 11) is 5.66. The number of carbonyl (C=O) groups excluding carboxylic acids is 1. The first kappa shape index (κ1) is 22.0. The minimum absolute atomic E-state index is 0.0143. The molecule has 1 rings (SSSR count). The molecule has 0 saturated carbocycles. The standard InChI is InChI=1S/C20H35N5O/c1-7-16(3)25(6)14-13-22-20(21-8-2)23-15-17-9-11-18(12-10-17)19(26)24(4)5/h9-12,16H,7-8,13-15H2,1-6H3,(H2,21,22,23). The summed E-state index contributed by atoms with van der Waals surface area (Å²) in [6.45, 7) is 9.73. The highest BCUT2D eigenvalue weighted by atomic mass is 16.2. The van der Waals surface area contributed by atoms with Gasteiger partial charge in [0, 0.05) is 45.3 Å². The number of amides is 1. The van der Waals surface area contributed by atoms with Gasteiger partial charge in [0.25, 0.3) is 5.91 Å². The first-order chi connectivity index (χ1) is 12.4. The van der Waals surface area contributed by atoms with Gasteiger partial charge in [-0.3, -0.25) is 4.79 Å². The third-order valence-corrected chi connectivity index (χ3v) is 4.47. The number of likely N-dealkylation sites (N-methyl/N-ethyl adjacent to an activating group) is 1. The van der Waals surface area contributed by atoms with Gasteiger partial charge in [-0.05, 0) is 45.0 Å². The van der Waals surface area contributed by atoms with Gasteiger partial charge in [-0.25, -0.2) is 4.99 Å². The monoisotopic (exact) mass is 361 g/mol. The Hall–Kier alpha value is -2.08. The number of nitrogens with zero attached hydrogens (tertiary/aromatic N) is 3. The molecule has 0 aliphatic carbocycles. The van der Waals surface area contributed by atoms with Crippen LogP contribution in [0.5, 0.6) is 0 Å². The maximum Gasteiger partial charge on any atom is 0.253 e. The number of carbonyl (C=O) groups is 1. The largest absolute Gasteiger partial charge is 0.357 e. The Morgan fingerprint density at radius 2 is 1.77 bits per heavy atom. The number of aliphatic imine (C=N–C) groups is 1. The summed E-state index contributed by atoms with van der Waals surface area (Å²) in [5.74, 6) is 0.832. The van der Waals surface area contributed by atoms with Crippen molar-refractivity contribution in [2.24, 2.45) is 4.99 Å². The molecule has 0 spiro atoms. The minimum atomic E-state index is 0.0143. The van der Waals surface area contributed by atoms with Crippen molar-refractivity contribution in [3.05, 3.63) is 35.4 Å². The van der Waals surface area contributed by atoms with E-state index in [1.807, 2.05) is 24.3 Å². The van der Waals surface area contributed by atoms with Crippen LogP contribution >= 0.6 is 0 Å². The van der Waals surface area contributed by atoms with Crippen molar-refractivity contribution < 1.29 is 4.79 Å². The molecule has 1 aromatic carbocycles. The second-order valence-electron chi connectivity index (χ2n) is 6.76. The summed E-state index contributed by atoms with van der Waals surface area (Å²) in [5, 5.41) is 6.66. The molecule has 0 radical (unpaired) electrons. The molecule has 146 valence electrons. The topological polar surface area (TPSA) is 60.0 Å². The number of benzene rings is 1. The molecule has 26 heavy (non-hydrogen) atoms. The molecule has 0 aliphatic rings. The van der Waals surface area contributed by atoms with Crippen molar-refractivity contribution in [1.82, 2.24) is 20.4 Å². The van der Waals surface area contributed by atoms with Crippen LogP contribution in [0.4, 0.5) is 0 Å². The van der Waals surface area contributed by atoms with Crippen LogP contribution in [-0.4, -0.2) is 68.5 Å². The van der Waals surface area contributed by atoms with Gasteiger partial charge >= 0.3 is 0 Å². The van der Waals surface area contributed by atoms with Crippen molar-refractivity contribution in [3.8, 4) is 0 Å². The van der Waals surface area contributed by atoms with Gasteiger partial charge in [0.1, 0.15) is 0 Å². The molecule has 6 heteroatoms. The van der Waals surface area contributed by atoms with Crippen molar-refractivity contribution >= 4 is 11.9 Å². The van der Waals surface area contributed by atoms with Gasteiger partial charge in [-0.1, -0.05) is 19.1 Å². The van der Waals surface area contributed by atoms with Gasteiger partial charge in [0.15, 0.2) is 5.96 Å². The van der Waals surface area contributed by atoms with Crippen LogP contribution in [0.1, 0.15) is 43.1 Å². The van der Waals surface area contributed by atoms with Gasteiger partial charge in [-0.2, -0.15) is 0 Å². The number of nitrogens with one attached hydrogen (secondary N) is 2. The van der Waals surface area contributed by atoms with Gasteiger partial charge < -0.3 is 20.4 Å². The Labute approximate surface area is 158 Å². The second-order valence-corrected chi connectivity index (χ2v) is 6.76. The maximum absolute atomic E-state index is 11.9. The Morgan fingerprint density at radius 1 is 1.12 bits per heavy atom. The van der Waals surface area contributed by atoms with Crippen molar-refractivity contribution in [2.75, 3.05) is 40.8 Å². The summed E-state index contributed by atoms with van der Waals surface area (Å²) < 4.78 is 0. The Bertz CT molecular complexity index is 568. The van der Waals surface area contributed by atoms with Crippen LogP contribution < -0.4 is 10.6 Å². The fourth-order valence-corrected chi connectivity index (χ4v) is 2.41. The lowest BCUT2D eigenvalue weighted by atomic mass is 10.1. The third kappa shape index (κ3) is 7.44. The molecule has 1 unspecified atom stereocenters. The van der Waals surface area contributed by atoms with E-state index in [0.717, 1.165) is 37.6 Å². The smallest absolute Gasteiger partial charge is 0.253 e. The summed E-state index contributed by atoms with van der Waals surface area (Å²) in [4.78, 5) is 20.5. The predicted octanol–water partition coefficient (Wildman–Crippen LogP) is 2.17. The molecule has 0 aliphatic heterocycles. The number of hydrogen-bond donors (Lipinski definition) is 2. The Balaban J connectivity index is 2.59. The van der Waals surface area contributed by atoms with E-state index in [-0.39, 0.29) is 5.91 Å². The molecule has 1 aromatic rings. The summed E-state index contributed by atoms with van der Waals surface area (Å²) in [6, 6.07) is 8.21. The first-order valence-corrected chi connectivity index (χ1v) is 9.42. The van der Waals surface area contributed by atoms with E-state index in [4.69, 9.17) is 0 Å². The van der Waals surface area contributed by atoms with Crippen LogP contribution in [0.15, 0.2) is 29.3 Å². The second kappa shape index (κ2) is 11.5. The zero-order valence-electron chi connectivity index (χ0n) is 17.2. The Kier molecular flexibility index (Phi) is 9.73. The third-order valence-electron chi connectivity index (χ3n) is 4.47. The fraction of sp³-hybridized carbons (Fsp3) is 0.600. The van der Waals surface area contributed by atoms with Gasteiger partial charge in [0.2, 0.25) is 0 Å². The number of hydrogen-bond acceptors (Lipinski definition) is 3. The molecule has 0 heterocycles. The van der Waals surface area contributed by atoms with Gasteiger partial charge in [0.05, 0.1) is 6.54 Å². The lowest BCUT2D eigenvalue weighted by molar-refractivity contribution is 0.0827. The average Bonchev–Trinajstić information content (AvgIpc) is 2.64. The maximum atomic E-state index is 11.9. The highest BCUT2D eigenvalue weighted by Gasteiger charge is 2.08. The van der Waals surface area contributed by atoms with Crippen molar-refractivity contribution in [3.63, 3.8) is 0 Å². The zero-order chi connectivity index (χ0) is 19.5. The lowest BCUT2D eigenvalue weighted by Crippen LogP contribution is -2.42. The Morgan fingerprint density at radius 3 is 2.31 bits per heavy atom. The van der Waals surface area contributed by atoms with Crippen LogP contribution in [-0.2, 0) is 6.54 Å². The SMILES string of the molecule is CCNC(=NCc1ccc(C(=O)N(C)C)cc1)NCCN(C)C(C)CC. The summed E-state index contributed by atoms with van der Waals surface area (Å²) in [5.41, 5.74) is 1.77.